The SMILES string of the molecule is Cc1cc(N)n(-c2ccc([C@@H](C)[C@H](C)CF)cc2)n1. The minimum Gasteiger partial charge on any atom is -0.384 e. The largest absolute Gasteiger partial charge is 0.384 e. The first-order valence-corrected chi connectivity index (χ1v) is 6.51. The average molecular weight is 261 g/mol. The van der Waals surface area contributed by atoms with Crippen molar-refractivity contribution in [2.45, 2.75) is 26.7 Å². The molecule has 0 saturated carbocycles. The van der Waals surface area contributed by atoms with Crippen LogP contribution in [0, 0.1) is 12.8 Å². The predicted molar refractivity (Wildman–Crippen MR) is 76.3 cm³/mol. The molecule has 1 aromatic heterocycles. The highest BCUT2D eigenvalue weighted by molar-refractivity contribution is 5.44. The van der Waals surface area contributed by atoms with Crippen molar-refractivity contribution in [3.63, 3.8) is 0 Å². The first kappa shape index (κ1) is 13.6. The second-order valence-electron chi connectivity index (χ2n) is 5.13. The summed E-state index contributed by atoms with van der Waals surface area (Å²) in [6.45, 7) is 5.58. The van der Waals surface area contributed by atoms with E-state index < -0.39 is 0 Å². The number of anilines is 1. The number of aryl methyl sites for hydroxylation is 1. The summed E-state index contributed by atoms with van der Waals surface area (Å²) >= 11 is 0. The lowest BCUT2D eigenvalue weighted by Crippen LogP contribution is -2.08. The molecule has 3 nitrogen and oxygen atoms in total. The smallest absolute Gasteiger partial charge is 0.127 e. The van der Waals surface area contributed by atoms with Crippen LogP contribution in [0.15, 0.2) is 30.3 Å². The molecule has 0 aliphatic heterocycles. The Bertz CT molecular complexity index is 545. The third kappa shape index (κ3) is 2.78. The summed E-state index contributed by atoms with van der Waals surface area (Å²) < 4.78 is 14.4. The Morgan fingerprint density at radius 1 is 1.26 bits per heavy atom. The van der Waals surface area contributed by atoms with Crippen LogP contribution >= 0.6 is 0 Å². The molecular formula is C15H20FN3. The van der Waals surface area contributed by atoms with Gasteiger partial charge in [-0.1, -0.05) is 26.0 Å². The second kappa shape index (κ2) is 5.43. The van der Waals surface area contributed by atoms with Crippen LogP contribution in [0.25, 0.3) is 5.69 Å². The molecule has 1 heterocycles. The standard InChI is InChI=1S/C15H20FN3/c1-10(9-16)12(3)13-4-6-14(7-5-13)19-15(17)8-11(2)18-19/h4-8,10,12H,9,17H2,1-3H3/t10-,12+/m1/s1. The fourth-order valence-corrected chi connectivity index (χ4v) is 2.11. The van der Waals surface area contributed by atoms with E-state index in [9.17, 15) is 4.39 Å². The van der Waals surface area contributed by atoms with E-state index in [4.69, 9.17) is 5.73 Å². The summed E-state index contributed by atoms with van der Waals surface area (Å²) in [7, 11) is 0. The Labute approximate surface area is 113 Å². The summed E-state index contributed by atoms with van der Waals surface area (Å²) in [4.78, 5) is 0. The summed E-state index contributed by atoms with van der Waals surface area (Å²) in [5.41, 5.74) is 8.84. The molecule has 2 rings (SSSR count). The molecule has 0 aliphatic rings. The second-order valence-corrected chi connectivity index (χ2v) is 5.13. The zero-order chi connectivity index (χ0) is 14.0. The molecule has 0 saturated heterocycles. The van der Waals surface area contributed by atoms with Crippen LogP contribution in [-0.4, -0.2) is 16.5 Å². The van der Waals surface area contributed by atoms with Gasteiger partial charge < -0.3 is 5.73 Å². The lowest BCUT2D eigenvalue weighted by Gasteiger charge is -2.17. The molecule has 0 spiro atoms. The fourth-order valence-electron chi connectivity index (χ4n) is 2.11. The number of nitrogens with zero attached hydrogens (tertiary/aromatic N) is 2. The van der Waals surface area contributed by atoms with Gasteiger partial charge in [-0.2, -0.15) is 5.10 Å². The molecule has 1 aromatic carbocycles. The molecule has 102 valence electrons. The molecule has 2 atom stereocenters. The summed E-state index contributed by atoms with van der Waals surface area (Å²) in [5, 5.41) is 4.34. The first-order chi connectivity index (χ1) is 9.02. The molecule has 0 radical (unpaired) electrons. The minimum atomic E-state index is -0.297. The molecule has 0 unspecified atom stereocenters. The van der Waals surface area contributed by atoms with Gasteiger partial charge in [-0.3, -0.25) is 4.39 Å². The van der Waals surface area contributed by atoms with Crippen molar-refractivity contribution in [2.75, 3.05) is 12.4 Å². The van der Waals surface area contributed by atoms with E-state index in [2.05, 4.69) is 5.10 Å². The van der Waals surface area contributed by atoms with Crippen LogP contribution in [0.1, 0.15) is 31.0 Å². The van der Waals surface area contributed by atoms with Crippen LogP contribution in [0.4, 0.5) is 10.2 Å². The Balaban J connectivity index is 2.26. The molecular weight excluding hydrogens is 241 g/mol. The van der Waals surface area contributed by atoms with Gasteiger partial charge in [0, 0.05) is 6.07 Å². The van der Waals surface area contributed by atoms with Crippen molar-refractivity contribution in [2.24, 2.45) is 5.92 Å². The predicted octanol–water partition coefficient (Wildman–Crippen LogP) is 3.47. The van der Waals surface area contributed by atoms with Crippen molar-refractivity contribution < 1.29 is 4.39 Å². The molecule has 2 aromatic rings. The number of hydrogen-bond donors (Lipinski definition) is 1. The van der Waals surface area contributed by atoms with E-state index >= 15 is 0 Å². The van der Waals surface area contributed by atoms with Crippen LogP contribution in [0.2, 0.25) is 0 Å². The van der Waals surface area contributed by atoms with Crippen LogP contribution in [0.3, 0.4) is 0 Å². The van der Waals surface area contributed by atoms with Crippen molar-refractivity contribution in [3.8, 4) is 5.69 Å². The van der Waals surface area contributed by atoms with Gasteiger partial charge in [-0.05, 0) is 36.5 Å². The number of nitrogens with two attached hydrogens (primary N) is 1. The third-order valence-corrected chi connectivity index (χ3v) is 3.62. The van der Waals surface area contributed by atoms with Crippen molar-refractivity contribution >= 4 is 5.82 Å². The number of nitrogen functional groups attached to an aromatic ring is 1. The number of halogens is 1. The zero-order valence-corrected chi connectivity index (χ0v) is 11.6. The maximum absolute atomic E-state index is 12.7. The number of rotatable bonds is 4. The average Bonchev–Trinajstić information content (AvgIpc) is 2.76. The summed E-state index contributed by atoms with van der Waals surface area (Å²) in [5.74, 6) is 0.856. The van der Waals surface area contributed by atoms with Gasteiger partial charge in [0.25, 0.3) is 0 Å². The Morgan fingerprint density at radius 2 is 1.89 bits per heavy atom. The summed E-state index contributed by atoms with van der Waals surface area (Å²) in [6, 6.07) is 9.81. The Morgan fingerprint density at radius 3 is 2.37 bits per heavy atom. The van der Waals surface area contributed by atoms with Gasteiger partial charge in [0.2, 0.25) is 0 Å². The number of hydrogen-bond acceptors (Lipinski definition) is 2. The van der Waals surface area contributed by atoms with Crippen molar-refractivity contribution in [1.82, 2.24) is 9.78 Å². The molecule has 4 heteroatoms. The van der Waals surface area contributed by atoms with Crippen molar-refractivity contribution in [3.05, 3.63) is 41.6 Å². The van der Waals surface area contributed by atoms with E-state index in [-0.39, 0.29) is 18.5 Å². The highest BCUT2D eigenvalue weighted by atomic mass is 19.1. The minimum absolute atomic E-state index is 0.0304. The third-order valence-electron chi connectivity index (χ3n) is 3.62. The Hall–Kier alpha value is -1.84. The normalized spacial score (nSPS) is 14.3. The van der Waals surface area contributed by atoms with Crippen LogP contribution in [-0.2, 0) is 0 Å². The maximum Gasteiger partial charge on any atom is 0.127 e. The maximum atomic E-state index is 12.7. The molecule has 0 amide bonds. The first-order valence-electron chi connectivity index (χ1n) is 6.51. The molecule has 2 N–H and O–H groups in total. The van der Waals surface area contributed by atoms with Crippen LogP contribution in [0.5, 0.6) is 0 Å². The van der Waals surface area contributed by atoms with E-state index in [1.165, 1.54) is 0 Å². The quantitative estimate of drug-likeness (QED) is 0.915. The van der Waals surface area contributed by atoms with Gasteiger partial charge in [-0.15, -0.1) is 0 Å². The monoisotopic (exact) mass is 261 g/mol. The molecule has 19 heavy (non-hydrogen) atoms. The number of aromatic nitrogens is 2. The van der Waals surface area contributed by atoms with Crippen molar-refractivity contribution in [1.29, 1.82) is 0 Å². The van der Waals surface area contributed by atoms with E-state index in [0.29, 0.717) is 5.82 Å². The van der Waals surface area contributed by atoms with Gasteiger partial charge >= 0.3 is 0 Å². The number of alkyl halides is 1. The van der Waals surface area contributed by atoms with E-state index in [1.54, 1.807) is 4.68 Å². The van der Waals surface area contributed by atoms with Crippen LogP contribution < -0.4 is 5.73 Å². The molecule has 0 bridgehead atoms. The number of benzene rings is 1. The van der Waals surface area contributed by atoms with Gasteiger partial charge in [0.15, 0.2) is 0 Å². The van der Waals surface area contributed by atoms with Gasteiger partial charge in [-0.25, -0.2) is 4.68 Å². The van der Waals surface area contributed by atoms with E-state index in [1.807, 2.05) is 51.1 Å². The highest BCUT2D eigenvalue weighted by Gasteiger charge is 2.14. The fraction of sp³-hybridized carbons (Fsp3) is 0.400. The molecule has 0 aliphatic carbocycles. The lowest BCUT2D eigenvalue weighted by atomic mass is 9.90. The van der Waals surface area contributed by atoms with Gasteiger partial charge in [0.1, 0.15) is 5.82 Å². The summed E-state index contributed by atoms with van der Waals surface area (Å²) in [6.07, 6.45) is 0. The zero-order valence-electron chi connectivity index (χ0n) is 11.6. The van der Waals surface area contributed by atoms with E-state index in [0.717, 1.165) is 16.9 Å². The highest BCUT2D eigenvalue weighted by Crippen LogP contribution is 2.25. The van der Waals surface area contributed by atoms with Gasteiger partial charge in [0.05, 0.1) is 18.1 Å². The molecule has 0 fully saturated rings. The topological polar surface area (TPSA) is 43.8 Å². The Kier molecular flexibility index (Phi) is 3.88. The lowest BCUT2D eigenvalue weighted by molar-refractivity contribution is 0.346.